The van der Waals surface area contributed by atoms with Crippen LogP contribution >= 0.6 is 0 Å². The Balaban J connectivity index is 2.09. The molecule has 1 aliphatic carbocycles. The maximum Gasteiger partial charge on any atom is 0.174 e. The van der Waals surface area contributed by atoms with Gasteiger partial charge in [-0.25, -0.2) is 0 Å². The van der Waals surface area contributed by atoms with Crippen LogP contribution in [0.25, 0.3) is 0 Å². The van der Waals surface area contributed by atoms with Crippen molar-refractivity contribution in [3.05, 3.63) is 24.3 Å². The quantitative estimate of drug-likeness (QED) is 0.592. The van der Waals surface area contributed by atoms with Gasteiger partial charge in [-0.05, 0) is 56.9 Å². The lowest BCUT2D eigenvalue weighted by molar-refractivity contribution is -0.101. The summed E-state index contributed by atoms with van der Waals surface area (Å²) < 4.78 is 5.43. The van der Waals surface area contributed by atoms with Gasteiger partial charge in [0.05, 0.1) is 18.3 Å². The number of hydrogen-bond acceptors (Lipinski definition) is 4. The van der Waals surface area contributed by atoms with E-state index in [4.69, 9.17) is 4.74 Å². The summed E-state index contributed by atoms with van der Waals surface area (Å²) >= 11 is 0. The van der Waals surface area contributed by atoms with Crippen LogP contribution in [0.4, 0.5) is 0 Å². The van der Waals surface area contributed by atoms with Gasteiger partial charge in [0.25, 0.3) is 0 Å². The molecule has 4 nitrogen and oxygen atoms in total. The molecule has 0 aromatic heterocycles. The Kier molecular flexibility index (Phi) is 5.78. The fourth-order valence-electron chi connectivity index (χ4n) is 3.19. The summed E-state index contributed by atoms with van der Waals surface area (Å²) in [5.74, 6) is 0.226. The van der Waals surface area contributed by atoms with Crippen LogP contribution in [-0.4, -0.2) is 39.9 Å². The molecular formula is C16H26O4. The molecule has 4 heteroatoms. The molecule has 2 rings (SSSR count). The summed E-state index contributed by atoms with van der Waals surface area (Å²) in [4.78, 5) is 0. The fourth-order valence-corrected chi connectivity index (χ4v) is 3.19. The number of ether oxygens (including phenoxy) is 1. The lowest BCUT2D eigenvalue weighted by Gasteiger charge is -2.20. The summed E-state index contributed by atoms with van der Waals surface area (Å²) in [5.41, 5.74) is 0. The summed E-state index contributed by atoms with van der Waals surface area (Å²) in [5, 5.41) is 29.8. The smallest absolute Gasteiger partial charge is 0.174 e. The lowest BCUT2D eigenvalue weighted by Crippen LogP contribution is -2.22. The van der Waals surface area contributed by atoms with E-state index in [-0.39, 0.29) is 24.0 Å². The Morgan fingerprint density at radius 1 is 1.05 bits per heavy atom. The van der Waals surface area contributed by atoms with Gasteiger partial charge in [-0.1, -0.05) is 18.2 Å². The Hall–Kier alpha value is -0.680. The zero-order valence-electron chi connectivity index (χ0n) is 12.1. The topological polar surface area (TPSA) is 69.9 Å². The minimum Gasteiger partial charge on any atom is -0.393 e. The van der Waals surface area contributed by atoms with E-state index in [1.165, 1.54) is 6.08 Å². The first-order valence-corrected chi connectivity index (χ1v) is 7.61. The number of allylic oxidation sites excluding steroid dienone is 2. The molecule has 0 saturated heterocycles. The molecule has 1 heterocycles. The predicted octanol–water partition coefficient (Wildman–Crippen LogP) is 1.75. The molecule has 2 aliphatic rings. The van der Waals surface area contributed by atoms with Crippen molar-refractivity contribution in [2.24, 2.45) is 11.8 Å². The monoisotopic (exact) mass is 282 g/mol. The predicted molar refractivity (Wildman–Crippen MR) is 76.9 cm³/mol. The van der Waals surface area contributed by atoms with Crippen molar-refractivity contribution in [1.82, 2.24) is 0 Å². The van der Waals surface area contributed by atoms with Crippen molar-refractivity contribution in [2.75, 3.05) is 0 Å². The van der Waals surface area contributed by atoms with Gasteiger partial charge >= 0.3 is 0 Å². The second kappa shape index (κ2) is 7.36. The molecular weight excluding hydrogens is 256 g/mol. The van der Waals surface area contributed by atoms with Crippen LogP contribution in [-0.2, 0) is 4.74 Å². The van der Waals surface area contributed by atoms with Crippen LogP contribution < -0.4 is 0 Å². The fraction of sp³-hybridized carbons (Fsp3) is 0.750. The summed E-state index contributed by atoms with van der Waals surface area (Å²) in [6.45, 7) is 1.95. The van der Waals surface area contributed by atoms with Crippen molar-refractivity contribution < 1.29 is 20.1 Å². The molecule has 20 heavy (non-hydrogen) atoms. The third-order valence-corrected chi connectivity index (χ3v) is 4.29. The molecule has 6 atom stereocenters. The summed E-state index contributed by atoms with van der Waals surface area (Å²) in [7, 11) is 0. The highest BCUT2D eigenvalue weighted by molar-refractivity contribution is 5.04. The zero-order valence-corrected chi connectivity index (χ0v) is 12.1. The first-order valence-electron chi connectivity index (χ1n) is 7.61. The van der Waals surface area contributed by atoms with Gasteiger partial charge in [-0.2, -0.15) is 0 Å². The first-order chi connectivity index (χ1) is 9.56. The van der Waals surface area contributed by atoms with E-state index in [9.17, 15) is 15.3 Å². The average molecular weight is 282 g/mol. The highest BCUT2D eigenvalue weighted by Crippen LogP contribution is 2.36. The van der Waals surface area contributed by atoms with Gasteiger partial charge in [0.1, 0.15) is 0 Å². The molecule has 0 bridgehead atoms. The second-order valence-electron chi connectivity index (χ2n) is 6.02. The standard InChI is InChI=1S/C16H26O4/c1-11-5-3-2-4-6-12-9-13(17)10-14(12)15(18)7-8-16(19)20-11/h4,6-8,11-19H,2-3,5,9-10H2,1H3/b6-4+,8-7+. The van der Waals surface area contributed by atoms with E-state index in [2.05, 4.69) is 12.2 Å². The van der Waals surface area contributed by atoms with Gasteiger partial charge in [0.15, 0.2) is 6.29 Å². The van der Waals surface area contributed by atoms with E-state index in [1.54, 1.807) is 6.08 Å². The maximum atomic E-state index is 10.2. The molecule has 114 valence electrons. The van der Waals surface area contributed by atoms with Crippen molar-refractivity contribution in [2.45, 2.75) is 63.6 Å². The molecule has 3 N–H and O–H groups in total. The molecule has 0 aromatic rings. The van der Waals surface area contributed by atoms with Crippen molar-refractivity contribution in [1.29, 1.82) is 0 Å². The van der Waals surface area contributed by atoms with Gasteiger partial charge in [-0.15, -0.1) is 0 Å². The highest BCUT2D eigenvalue weighted by Gasteiger charge is 2.35. The highest BCUT2D eigenvalue weighted by atomic mass is 16.6. The van der Waals surface area contributed by atoms with E-state index < -0.39 is 12.4 Å². The number of aliphatic hydroxyl groups excluding tert-OH is 3. The average Bonchev–Trinajstić information content (AvgIpc) is 2.76. The van der Waals surface area contributed by atoms with Crippen molar-refractivity contribution >= 4 is 0 Å². The molecule has 0 spiro atoms. The normalized spacial score (nSPS) is 46.6. The van der Waals surface area contributed by atoms with Crippen LogP contribution in [0.2, 0.25) is 0 Å². The first kappa shape index (κ1) is 15.7. The molecule has 0 amide bonds. The number of aliphatic hydroxyl groups is 3. The lowest BCUT2D eigenvalue weighted by atomic mass is 9.90. The Morgan fingerprint density at radius 2 is 1.85 bits per heavy atom. The second-order valence-corrected chi connectivity index (χ2v) is 6.02. The Morgan fingerprint density at radius 3 is 2.65 bits per heavy atom. The number of fused-ring (bicyclic) bond motifs is 1. The van der Waals surface area contributed by atoms with Gasteiger partial charge in [-0.3, -0.25) is 0 Å². The van der Waals surface area contributed by atoms with Crippen LogP contribution in [0.15, 0.2) is 24.3 Å². The van der Waals surface area contributed by atoms with Crippen molar-refractivity contribution in [3.63, 3.8) is 0 Å². The molecule has 1 saturated carbocycles. The van der Waals surface area contributed by atoms with Gasteiger partial charge in [0, 0.05) is 0 Å². The van der Waals surface area contributed by atoms with Crippen LogP contribution in [0.5, 0.6) is 0 Å². The van der Waals surface area contributed by atoms with Gasteiger partial charge < -0.3 is 20.1 Å². The Labute approximate surface area is 120 Å². The minimum absolute atomic E-state index is 0.00210. The molecule has 0 aromatic carbocycles. The van der Waals surface area contributed by atoms with Crippen molar-refractivity contribution in [3.8, 4) is 0 Å². The van der Waals surface area contributed by atoms with E-state index in [0.29, 0.717) is 12.8 Å². The SMILES string of the molecule is CC1CCC/C=C/C2CC(O)CC2C(O)/C=C/C(O)O1. The maximum absolute atomic E-state index is 10.2. The molecule has 0 radical (unpaired) electrons. The summed E-state index contributed by atoms with van der Waals surface area (Å²) in [6.07, 6.45) is 9.60. The minimum atomic E-state index is -0.974. The Bertz CT molecular complexity index is 352. The van der Waals surface area contributed by atoms with E-state index in [0.717, 1.165) is 19.3 Å². The molecule has 1 aliphatic heterocycles. The largest absolute Gasteiger partial charge is 0.393 e. The van der Waals surface area contributed by atoms with E-state index in [1.807, 2.05) is 6.92 Å². The number of hydrogen-bond donors (Lipinski definition) is 3. The third kappa shape index (κ3) is 4.42. The molecule has 6 unspecified atom stereocenters. The van der Waals surface area contributed by atoms with Crippen LogP contribution in [0.1, 0.15) is 39.0 Å². The van der Waals surface area contributed by atoms with Crippen LogP contribution in [0, 0.1) is 11.8 Å². The third-order valence-electron chi connectivity index (χ3n) is 4.29. The molecule has 1 fully saturated rings. The number of rotatable bonds is 0. The summed E-state index contributed by atoms with van der Waals surface area (Å²) in [6, 6.07) is 0. The zero-order chi connectivity index (χ0) is 14.5. The van der Waals surface area contributed by atoms with E-state index >= 15 is 0 Å². The van der Waals surface area contributed by atoms with Crippen LogP contribution in [0.3, 0.4) is 0 Å². The van der Waals surface area contributed by atoms with Gasteiger partial charge in [0.2, 0.25) is 0 Å².